The Hall–Kier alpha value is -3.74. The van der Waals surface area contributed by atoms with Gasteiger partial charge in [0.05, 0.1) is 39.0 Å². The smallest absolute Gasteiger partial charge is 0.392 e. The van der Waals surface area contributed by atoms with E-state index in [-0.39, 0.29) is 11.8 Å². The molecular weight excluding hydrogens is 472 g/mol. The second-order valence-electron chi connectivity index (χ2n) is 8.24. The minimum absolute atomic E-state index is 0.149. The topological polar surface area (TPSA) is 118 Å². The molecule has 5 rings (SSSR count). The number of piperazine rings is 1. The van der Waals surface area contributed by atoms with Gasteiger partial charge in [0, 0.05) is 32.2 Å². The average molecular weight is 498 g/mol. The van der Waals surface area contributed by atoms with E-state index in [2.05, 4.69) is 14.5 Å². The molecule has 0 saturated carbocycles. The van der Waals surface area contributed by atoms with Crippen LogP contribution in [-0.4, -0.2) is 122 Å². The van der Waals surface area contributed by atoms with Gasteiger partial charge in [0.25, 0.3) is 11.8 Å². The van der Waals surface area contributed by atoms with Gasteiger partial charge < -0.3 is 9.32 Å². The van der Waals surface area contributed by atoms with Crippen molar-refractivity contribution < 1.29 is 23.4 Å². The fourth-order valence-corrected chi connectivity index (χ4v) is 5.07. The molecule has 5 heterocycles. The van der Waals surface area contributed by atoms with Gasteiger partial charge in [0.1, 0.15) is 0 Å². The minimum Gasteiger partial charge on any atom is -0.459 e. The normalized spacial score (nSPS) is 20.5. The first-order chi connectivity index (χ1) is 17.0. The van der Waals surface area contributed by atoms with Crippen molar-refractivity contribution >= 4 is 41.4 Å². The Balaban J connectivity index is 1.38. The zero-order chi connectivity index (χ0) is 24.5. The molecule has 0 aromatic carbocycles. The van der Waals surface area contributed by atoms with Crippen LogP contribution in [0.1, 0.15) is 10.6 Å². The highest BCUT2D eigenvalue weighted by Crippen LogP contribution is 2.24. The van der Waals surface area contributed by atoms with Gasteiger partial charge in [-0.2, -0.15) is 0 Å². The fraction of sp³-hybridized carbons (Fsp3) is 0.409. The number of thioether (sulfide) groups is 1. The number of aliphatic imine (C=N–C) groups is 1. The van der Waals surface area contributed by atoms with E-state index in [1.807, 2.05) is 4.90 Å². The zero-order valence-electron chi connectivity index (χ0n) is 19.4. The standard InChI is InChI=1S/C22H25N8O4S/c1-26-17-16(19(32)27(2)22(26)33)30(12-14-35-20-23-6-4-7-24-20)21(25-17)29-10-8-28(9-11-29)18(31)15-5-3-13-34-15/h3-7,13,16H,8-12,14H2,1-2H3/q+1. The largest absolute Gasteiger partial charge is 0.459 e. The van der Waals surface area contributed by atoms with Crippen molar-refractivity contribution in [3.05, 3.63) is 42.6 Å². The molecule has 2 aromatic heterocycles. The number of hydrogen-bond donors (Lipinski definition) is 0. The van der Waals surface area contributed by atoms with Crippen LogP contribution in [0.25, 0.3) is 0 Å². The van der Waals surface area contributed by atoms with Crippen LogP contribution < -0.4 is 0 Å². The first-order valence-corrected chi connectivity index (χ1v) is 12.2. The predicted octanol–water partition coefficient (Wildman–Crippen LogP) is 0.293. The molecule has 0 N–H and O–H groups in total. The maximum Gasteiger partial charge on any atom is 0.392 e. The van der Waals surface area contributed by atoms with E-state index in [0.717, 1.165) is 4.90 Å². The van der Waals surface area contributed by atoms with Crippen molar-refractivity contribution in [3.63, 3.8) is 0 Å². The van der Waals surface area contributed by atoms with Gasteiger partial charge in [0.15, 0.2) is 10.9 Å². The Kier molecular flexibility index (Phi) is 6.24. The van der Waals surface area contributed by atoms with E-state index in [4.69, 9.17) is 9.41 Å². The lowest BCUT2D eigenvalue weighted by molar-refractivity contribution is -0.543. The molecule has 1 unspecified atom stereocenters. The quantitative estimate of drug-likeness (QED) is 0.329. The average Bonchev–Trinajstić information content (AvgIpc) is 3.56. The van der Waals surface area contributed by atoms with Crippen LogP contribution in [0.5, 0.6) is 0 Å². The van der Waals surface area contributed by atoms with Crippen LogP contribution in [0.15, 0.2) is 51.4 Å². The Morgan fingerprint density at radius 2 is 1.89 bits per heavy atom. The number of amidine groups is 1. The maximum absolute atomic E-state index is 13.1. The summed E-state index contributed by atoms with van der Waals surface area (Å²) in [6, 6.07) is 4.01. The van der Waals surface area contributed by atoms with Gasteiger partial charge in [-0.05, 0) is 18.2 Å². The highest BCUT2D eigenvalue weighted by atomic mass is 32.2. The number of amides is 4. The van der Waals surface area contributed by atoms with Gasteiger partial charge in [-0.1, -0.05) is 16.8 Å². The van der Waals surface area contributed by atoms with Crippen LogP contribution in [0, 0.1) is 0 Å². The summed E-state index contributed by atoms with van der Waals surface area (Å²) in [6.07, 6.45) is 4.86. The number of furan rings is 1. The van der Waals surface area contributed by atoms with Crippen molar-refractivity contribution in [3.8, 4) is 0 Å². The van der Waals surface area contributed by atoms with Gasteiger partial charge in [-0.3, -0.25) is 24.0 Å². The minimum atomic E-state index is -0.683. The van der Waals surface area contributed by atoms with E-state index in [0.29, 0.717) is 61.2 Å². The number of urea groups is 1. The third-order valence-electron chi connectivity index (χ3n) is 6.20. The molecule has 2 fully saturated rings. The van der Waals surface area contributed by atoms with Crippen LogP contribution >= 0.6 is 11.8 Å². The summed E-state index contributed by atoms with van der Waals surface area (Å²) < 4.78 is 7.31. The Bertz CT molecular complexity index is 1190. The fourth-order valence-electron chi connectivity index (χ4n) is 4.33. The third-order valence-corrected chi connectivity index (χ3v) is 7.05. The zero-order valence-corrected chi connectivity index (χ0v) is 20.2. The molecule has 0 aliphatic carbocycles. The van der Waals surface area contributed by atoms with Crippen molar-refractivity contribution in [1.29, 1.82) is 0 Å². The molecule has 0 spiro atoms. The Morgan fingerprint density at radius 1 is 1.14 bits per heavy atom. The summed E-state index contributed by atoms with van der Waals surface area (Å²) in [5.41, 5.74) is 0. The third kappa shape index (κ3) is 4.27. The Labute approximate surface area is 205 Å². The van der Waals surface area contributed by atoms with E-state index in [1.54, 1.807) is 42.5 Å². The number of rotatable bonds is 5. The van der Waals surface area contributed by atoms with E-state index in [1.165, 1.54) is 30.0 Å². The number of fused-ring (bicyclic) bond motifs is 1. The molecule has 4 amide bonds. The van der Waals surface area contributed by atoms with Crippen LogP contribution in [0.4, 0.5) is 4.79 Å². The molecule has 13 heteroatoms. The molecule has 3 aliphatic rings. The number of carbonyl (C=O) groups excluding carboxylic acids is 3. The summed E-state index contributed by atoms with van der Waals surface area (Å²) in [6.45, 7) is 2.56. The van der Waals surface area contributed by atoms with Crippen LogP contribution in [-0.2, 0) is 4.79 Å². The molecule has 3 aliphatic heterocycles. The van der Waals surface area contributed by atoms with Crippen molar-refractivity contribution in [2.24, 2.45) is 4.99 Å². The summed E-state index contributed by atoms with van der Waals surface area (Å²) in [7, 11) is 3.12. The molecule has 12 nitrogen and oxygen atoms in total. The summed E-state index contributed by atoms with van der Waals surface area (Å²) >= 11 is 1.49. The van der Waals surface area contributed by atoms with Gasteiger partial charge in [-0.15, -0.1) is 0 Å². The SMILES string of the molecule is CN1C(=O)C2C(=NC(=[N+]3CCN(C(=O)c4ccco4)CC3)N2CCSc2ncccn2)N(C)C1=O. The monoisotopic (exact) mass is 497 g/mol. The molecule has 1 atom stereocenters. The van der Waals surface area contributed by atoms with E-state index >= 15 is 0 Å². The van der Waals surface area contributed by atoms with E-state index < -0.39 is 12.1 Å². The first-order valence-electron chi connectivity index (χ1n) is 11.2. The predicted molar refractivity (Wildman–Crippen MR) is 126 cm³/mol. The lowest BCUT2D eigenvalue weighted by Gasteiger charge is -2.33. The van der Waals surface area contributed by atoms with Crippen molar-refractivity contribution in [2.75, 3.05) is 52.6 Å². The van der Waals surface area contributed by atoms with Crippen molar-refractivity contribution in [2.45, 2.75) is 11.2 Å². The van der Waals surface area contributed by atoms with Crippen molar-refractivity contribution in [1.82, 2.24) is 29.6 Å². The number of imide groups is 1. The number of aromatic nitrogens is 2. The molecule has 0 bridgehead atoms. The summed E-state index contributed by atoms with van der Waals surface area (Å²) in [5.74, 6) is 1.53. The Morgan fingerprint density at radius 3 is 2.57 bits per heavy atom. The second kappa shape index (κ2) is 9.49. The van der Waals surface area contributed by atoms with Gasteiger partial charge in [-0.25, -0.2) is 19.7 Å². The lowest BCUT2D eigenvalue weighted by Crippen LogP contribution is -2.63. The second-order valence-corrected chi connectivity index (χ2v) is 9.30. The first kappa shape index (κ1) is 23.0. The van der Waals surface area contributed by atoms with E-state index in [9.17, 15) is 14.4 Å². The number of guanidine groups is 1. The lowest BCUT2D eigenvalue weighted by atomic mass is 10.1. The summed E-state index contributed by atoms with van der Waals surface area (Å²) in [5, 5.41) is 0.652. The molecule has 2 aromatic rings. The van der Waals surface area contributed by atoms with Crippen LogP contribution in [0.3, 0.4) is 0 Å². The number of nitrogens with zero attached hydrogens (tertiary/aromatic N) is 8. The summed E-state index contributed by atoms with van der Waals surface area (Å²) in [4.78, 5) is 57.8. The highest BCUT2D eigenvalue weighted by molar-refractivity contribution is 7.99. The number of carbonyl (C=O) groups is 3. The van der Waals surface area contributed by atoms with Gasteiger partial charge >= 0.3 is 12.0 Å². The molecule has 182 valence electrons. The molecular formula is C22H25N8O4S+. The molecule has 0 radical (unpaired) electrons. The highest BCUT2D eigenvalue weighted by Gasteiger charge is 2.55. The number of hydrogen-bond acceptors (Lipinski definition) is 7. The molecule has 35 heavy (non-hydrogen) atoms. The number of likely N-dealkylation sites (N-methyl/N-ethyl adjacent to an activating group) is 2. The molecule has 2 saturated heterocycles. The maximum atomic E-state index is 13.1. The van der Waals surface area contributed by atoms with Gasteiger partial charge in [0.2, 0.25) is 11.9 Å². The van der Waals surface area contributed by atoms with Crippen LogP contribution in [0.2, 0.25) is 0 Å².